The Bertz CT molecular complexity index is 486. The predicted octanol–water partition coefficient (Wildman–Crippen LogP) is 2.61. The molecule has 0 fully saturated rings. The summed E-state index contributed by atoms with van der Waals surface area (Å²) in [4.78, 5) is 0. The summed E-state index contributed by atoms with van der Waals surface area (Å²) in [5.74, 6) is 0.807. The van der Waals surface area contributed by atoms with E-state index in [4.69, 9.17) is 21.8 Å². The highest BCUT2D eigenvalue weighted by Crippen LogP contribution is 2.29. The van der Waals surface area contributed by atoms with Gasteiger partial charge in [-0.05, 0) is 34.1 Å². The van der Waals surface area contributed by atoms with Crippen LogP contribution in [0.3, 0.4) is 0 Å². The number of aromatic nitrogens is 2. The molecule has 0 amide bonds. The molecule has 0 spiro atoms. The molecule has 1 heterocycles. The largest absolute Gasteiger partial charge is 0.419 e. The molecule has 4 nitrogen and oxygen atoms in total. The highest BCUT2D eigenvalue weighted by Gasteiger charge is 2.11. The number of benzene rings is 1. The van der Waals surface area contributed by atoms with Crippen LogP contribution in [0.5, 0.6) is 0 Å². The zero-order chi connectivity index (χ0) is 10.8. The Morgan fingerprint density at radius 3 is 2.87 bits per heavy atom. The fourth-order valence-electron chi connectivity index (χ4n) is 1.11. The summed E-state index contributed by atoms with van der Waals surface area (Å²) in [6.07, 6.45) is 0. The van der Waals surface area contributed by atoms with Gasteiger partial charge >= 0.3 is 0 Å². The number of nitrogens with zero attached hydrogens (tertiary/aromatic N) is 2. The number of hydrogen-bond acceptors (Lipinski definition) is 4. The monoisotopic (exact) mass is 287 g/mol. The lowest BCUT2D eigenvalue weighted by Gasteiger charge is -1.99. The quantitative estimate of drug-likeness (QED) is 0.922. The van der Waals surface area contributed by atoms with Gasteiger partial charge in [-0.2, -0.15) is 0 Å². The Kier molecular flexibility index (Phi) is 3.04. The molecule has 0 radical (unpaired) electrons. The summed E-state index contributed by atoms with van der Waals surface area (Å²) in [7, 11) is 0. The van der Waals surface area contributed by atoms with Crippen LogP contribution in [0.4, 0.5) is 0 Å². The van der Waals surface area contributed by atoms with Crippen molar-refractivity contribution in [2.75, 3.05) is 0 Å². The summed E-state index contributed by atoms with van der Waals surface area (Å²) in [5.41, 5.74) is 6.13. The van der Waals surface area contributed by atoms with Gasteiger partial charge in [-0.3, -0.25) is 0 Å². The van der Waals surface area contributed by atoms with E-state index in [1.54, 1.807) is 12.1 Å². The standard InChI is InChI=1S/C9H7BrClN3O/c10-7-2-1-5(11)3-6(7)9-14-13-8(4-12)15-9/h1-3H,4,12H2. The normalized spacial score (nSPS) is 10.6. The van der Waals surface area contributed by atoms with Crippen molar-refractivity contribution < 1.29 is 4.42 Å². The maximum atomic E-state index is 5.87. The van der Waals surface area contributed by atoms with Gasteiger partial charge in [0.15, 0.2) is 0 Å². The first-order valence-corrected chi connectivity index (χ1v) is 5.35. The van der Waals surface area contributed by atoms with E-state index >= 15 is 0 Å². The Labute approximate surface area is 99.6 Å². The van der Waals surface area contributed by atoms with Crippen molar-refractivity contribution in [2.45, 2.75) is 6.54 Å². The first-order valence-electron chi connectivity index (χ1n) is 4.18. The smallest absolute Gasteiger partial charge is 0.249 e. The SMILES string of the molecule is NCc1nnc(-c2cc(Cl)ccc2Br)o1. The first-order chi connectivity index (χ1) is 7.20. The van der Waals surface area contributed by atoms with Crippen LogP contribution < -0.4 is 5.73 Å². The summed E-state index contributed by atoms with van der Waals surface area (Å²) < 4.78 is 6.17. The maximum Gasteiger partial charge on any atom is 0.249 e. The molecule has 6 heteroatoms. The third kappa shape index (κ3) is 2.19. The Morgan fingerprint density at radius 1 is 1.40 bits per heavy atom. The Balaban J connectivity index is 2.48. The molecule has 0 saturated carbocycles. The van der Waals surface area contributed by atoms with Gasteiger partial charge in [0, 0.05) is 9.50 Å². The number of rotatable bonds is 2. The molecule has 2 rings (SSSR count). The van der Waals surface area contributed by atoms with Gasteiger partial charge < -0.3 is 10.2 Å². The second-order valence-corrected chi connectivity index (χ2v) is 4.12. The van der Waals surface area contributed by atoms with Crippen molar-refractivity contribution in [1.82, 2.24) is 10.2 Å². The number of halogens is 2. The zero-order valence-electron chi connectivity index (χ0n) is 7.58. The van der Waals surface area contributed by atoms with Crippen LogP contribution in [-0.2, 0) is 6.54 Å². The van der Waals surface area contributed by atoms with Gasteiger partial charge in [0.2, 0.25) is 11.8 Å². The van der Waals surface area contributed by atoms with Crippen molar-refractivity contribution in [3.8, 4) is 11.5 Å². The minimum absolute atomic E-state index is 0.227. The van der Waals surface area contributed by atoms with Crippen LogP contribution in [-0.4, -0.2) is 10.2 Å². The average Bonchev–Trinajstić information content (AvgIpc) is 2.70. The van der Waals surface area contributed by atoms with Crippen molar-refractivity contribution in [3.63, 3.8) is 0 Å². The lowest BCUT2D eigenvalue weighted by molar-refractivity contribution is 0.508. The molecule has 0 atom stereocenters. The minimum atomic E-state index is 0.227. The number of nitrogens with two attached hydrogens (primary N) is 1. The molecule has 0 aliphatic heterocycles. The lowest BCUT2D eigenvalue weighted by Crippen LogP contribution is -1.95. The molecule has 1 aromatic heterocycles. The van der Waals surface area contributed by atoms with E-state index in [1.165, 1.54) is 0 Å². The molecular weight excluding hydrogens is 281 g/mol. The van der Waals surface area contributed by atoms with E-state index in [9.17, 15) is 0 Å². The third-order valence-electron chi connectivity index (χ3n) is 1.80. The van der Waals surface area contributed by atoms with Crippen LogP contribution in [0, 0.1) is 0 Å². The van der Waals surface area contributed by atoms with Crippen LogP contribution in [0.1, 0.15) is 5.89 Å². The van der Waals surface area contributed by atoms with E-state index in [0.29, 0.717) is 16.8 Å². The molecule has 1 aromatic carbocycles. The Hall–Kier alpha value is -0.910. The molecule has 0 bridgehead atoms. The van der Waals surface area contributed by atoms with Crippen LogP contribution in [0.15, 0.2) is 27.1 Å². The van der Waals surface area contributed by atoms with Gasteiger partial charge in [0.05, 0.1) is 12.1 Å². The molecule has 2 N–H and O–H groups in total. The van der Waals surface area contributed by atoms with Gasteiger partial charge in [-0.1, -0.05) is 11.6 Å². The van der Waals surface area contributed by atoms with Crippen LogP contribution >= 0.6 is 27.5 Å². The fourth-order valence-corrected chi connectivity index (χ4v) is 1.69. The molecule has 2 aromatic rings. The third-order valence-corrected chi connectivity index (χ3v) is 2.73. The first kappa shape index (κ1) is 10.6. The van der Waals surface area contributed by atoms with Crippen molar-refractivity contribution >= 4 is 27.5 Å². The van der Waals surface area contributed by atoms with Gasteiger partial charge in [-0.25, -0.2) is 0 Å². The van der Waals surface area contributed by atoms with Crippen LogP contribution in [0.25, 0.3) is 11.5 Å². The number of hydrogen-bond donors (Lipinski definition) is 1. The molecule has 78 valence electrons. The van der Waals surface area contributed by atoms with E-state index < -0.39 is 0 Å². The summed E-state index contributed by atoms with van der Waals surface area (Å²) in [5, 5.41) is 8.26. The fraction of sp³-hybridized carbons (Fsp3) is 0.111. The highest BCUT2D eigenvalue weighted by atomic mass is 79.9. The Morgan fingerprint density at radius 2 is 2.20 bits per heavy atom. The maximum absolute atomic E-state index is 5.87. The summed E-state index contributed by atoms with van der Waals surface area (Å²) in [6.45, 7) is 0.227. The minimum Gasteiger partial charge on any atom is -0.419 e. The van der Waals surface area contributed by atoms with Crippen LogP contribution in [0.2, 0.25) is 5.02 Å². The average molecular weight is 289 g/mol. The van der Waals surface area contributed by atoms with E-state index in [2.05, 4.69) is 26.1 Å². The molecule has 0 saturated heterocycles. The lowest BCUT2D eigenvalue weighted by atomic mass is 10.2. The van der Waals surface area contributed by atoms with Gasteiger partial charge in [0.1, 0.15) is 0 Å². The predicted molar refractivity (Wildman–Crippen MR) is 60.3 cm³/mol. The van der Waals surface area contributed by atoms with Gasteiger partial charge in [-0.15, -0.1) is 10.2 Å². The van der Waals surface area contributed by atoms with E-state index in [1.807, 2.05) is 6.07 Å². The molecular formula is C9H7BrClN3O. The molecule has 0 unspecified atom stereocenters. The van der Waals surface area contributed by atoms with Crippen molar-refractivity contribution in [1.29, 1.82) is 0 Å². The summed E-state index contributed by atoms with van der Waals surface area (Å²) in [6, 6.07) is 5.35. The molecule has 15 heavy (non-hydrogen) atoms. The zero-order valence-corrected chi connectivity index (χ0v) is 9.92. The van der Waals surface area contributed by atoms with Crippen molar-refractivity contribution in [3.05, 3.63) is 33.6 Å². The van der Waals surface area contributed by atoms with E-state index in [0.717, 1.165) is 10.0 Å². The van der Waals surface area contributed by atoms with E-state index in [-0.39, 0.29) is 6.54 Å². The molecule has 0 aliphatic carbocycles. The molecule has 0 aliphatic rings. The second kappa shape index (κ2) is 4.30. The van der Waals surface area contributed by atoms with Crippen molar-refractivity contribution in [2.24, 2.45) is 5.73 Å². The topological polar surface area (TPSA) is 64.9 Å². The van der Waals surface area contributed by atoms with Gasteiger partial charge in [0.25, 0.3) is 0 Å². The second-order valence-electron chi connectivity index (χ2n) is 2.83. The highest BCUT2D eigenvalue weighted by molar-refractivity contribution is 9.10. The summed E-state index contributed by atoms with van der Waals surface area (Å²) >= 11 is 9.25.